The van der Waals surface area contributed by atoms with Gasteiger partial charge in [-0.25, -0.2) is 0 Å². The van der Waals surface area contributed by atoms with E-state index in [9.17, 15) is 0 Å². The van der Waals surface area contributed by atoms with Gasteiger partial charge >= 0.3 is 0 Å². The zero-order chi connectivity index (χ0) is 3.58. The molecule has 0 rings (SSSR count). The second kappa shape index (κ2) is 4.65. The number of hydrogen-bond donors (Lipinski definition) is 0. The van der Waals surface area contributed by atoms with Crippen molar-refractivity contribution in [1.29, 1.82) is 0 Å². The Hall–Kier alpha value is 0.648. The molecule has 0 aromatic rings. The number of nitrogens with zero attached hydrogens (tertiary/aromatic N) is 1. The van der Waals surface area contributed by atoms with Gasteiger partial charge in [0.05, 0.1) is 0 Å². The van der Waals surface area contributed by atoms with Gasteiger partial charge in [-0.3, -0.25) is 0 Å². The molecule has 0 aliphatic rings. The molecule has 2 heteroatoms. The van der Waals surface area contributed by atoms with Gasteiger partial charge < -0.3 is 4.90 Å². The van der Waals surface area contributed by atoms with E-state index in [0.717, 1.165) is 0 Å². The normalized spacial score (nSPS) is 7.20. The molecule has 0 amide bonds. The first kappa shape index (κ1) is 9.17. The molecule has 0 radical (unpaired) electrons. The van der Waals surface area contributed by atoms with Crippen LogP contribution in [-0.2, 0) is 21.1 Å². The third-order valence-corrected chi connectivity index (χ3v) is 0. The summed E-state index contributed by atoms with van der Waals surface area (Å²) in [7, 11) is 6.00. The maximum absolute atomic E-state index is 2.00. The Kier molecular flexibility index (Phi) is 8.52. The molecule has 0 aliphatic heterocycles. The molecule has 5 heavy (non-hydrogen) atoms. The summed E-state index contributed by atoms with van der Waals surface area (Å²) in [5.74, 6) is 0. The Morgan fingerprint density at radius 3 is 1.00 bits per heavy atom. The van der Waals surface area contributed by atoms with Crippen molar-refractivity contribution in [2.45, 2.75) is 0 Å². The van der Waals surface area contributed by atoms with Crippen LogP contribution in [0.3, 0.4) is 0 Å². The first-order chi connectivity index (χ1) is 1.73. The Labute approximate surface area is 47.6 Å². The third kappa shape index (κ3) is 77.6. The van der Waals surface area contributed by atoms with Crippen molar-refractivity contribution < 1.29 is 21.1 Å². The minimum atomic E-state index is 0. The molecule has 0 aromatic carbocycles. The van der Waals surface area contributed by atoms with Crippen molar-refractivity contribution in [2.75, 3.05) is 21.1 Å². The van der Waals surface area contributed by atoms with Gasteiger partial charge in [-0.05, 0) is 21.1 Å². The van der Waals surface area contributed by atoms with Crippen LogP contribution in [0.5, 0.6) is 0 Å². The summed E-state index contributed by atoms with van der Waals surface area (Å²) >= 11 is 0. The molecule has 0 heterocycles. The average molecular weight is 155 g/mol. The van der Waals surface area contributed by atoms with Crippen LogP contribution in [0.2, 0.25) is 0 Å². The summed E-state index contributed by atoms with van der Waals surface area (Å²) in [5, 5.41) is 0. The topological polar surface area (TPSA) is 3.24 Å². The fraction of sp³-hybridized carbons (Fsp3) is 1.00. The van der Waals surface area contributed by atoms with E-state index in [0.29, 0.717) is 0 Å². The van der Waals surface area contributed by atoms with Crippen LogP contribution in [0.15, 0.2) is 0 Å². The first-order valence-corrected chi connectivity index (χ1v) is 1.34. The fourth-order valence-electron chi connectivity index (χ4n) is 0. The second-order valence-corrected chi connectivity index (χ2v) is 1.34. The third-order valence-electron chi connectivity index (χ3n) is 0. The van der Waals surface area contributed by atoms with Crippen LogP contribution < -0.4 is 0 Å². The summed E-state index contributed by atoms with van der Waals surface area (Å²) in [5.41, 5.74) is 0. The fourth-order valence-corrected chi connectivity index (χ4v) is 0. The summed E-state index contributed by atoms with van der Waals surface area (Å²) in [6, 6.07) is 0. The van der Waals surface area contributed by atoms with E-state index in [1.165, 1.54) is 0 Å². The Bertz CT molecular complexity index is 11.6. The summed E-state index contributed by atoms with van der Waals surface area (Å²) in [4.78, 5) is 2.00. The standard InChI is InChI=1S/C3H9N.Mo/c1-4(2)3;/h1-3H3;. The van der Waals surface area contributed by atoms with Crippen LogP contribution in [0.1, 0.15) is 0 Å². The van der Waals surface area contributed by atoms with Gasteiger partial charge in [0.25, 0.3) is 0 Å². The van der Waals surface area contributed by atoms with Gasteiger partial charge in [0.1, 0.15) is 0 Å². The molecule has 0 aliphatic carbocycles. The van der Waals surface area contributed by atoms with Crippen LogP contribution in [0.4, 0.5) is 0 Å². The van der Waals surface area contributed by atoms with Crippen molar-refractivity contribution in [2.24, 2.45) is 0 Å². The molecule has 0 fully saturated rings. The van der Waals surface area contributed by atoms with Crippen molar-refractivity contribution in [3.8, 4) is 0 Å². The van der Waals surface area contributed by atoms with Crippen LogP contribution in [0, 0.1) is 0 Å². The monoisotopic (exact) mass is 157 g/mol. The van der Waals surface area contributed by atoms with Crippen molar-refractivity contribution >= 4 is 0 Å². The molecule has 0 aromatic heterocycles. The van der Waals surface area contributed by atoms with Gasteiger partial charge in [0.2, 0.25) is 0 Å². The minimum Gasteiger partial charge on any atom is -0.312 e. The largest absolute Gasteiger partial charge is 0.312 e. The predicted molar refractivity (Wildman–Crippen MR) is 19.6 cm³/mol. The van der Waals surface area contributed by atoms with E-state index in [4.69, 9.17) is 0 Å². The zero-order valence-corrected chi connectivity index (χ0v) is 5.86. The molecular formula is C3H9MoN. The Morgan fingerprint density at radius 2 is 1.00 bits per heavy atom. The summed E-state index contributed by atoms with van der Waals surface area (Å²) in [6.45, 7) is 0. The average Bonchev–Trinajstić information content (AvgIpc) is 0.811. The number of rotatable bonds is 0. The van der Waals surface area contributed by atoms with Gasteiger partial charge in [0.15, 0.2) is 0 Å². The van der Waals surface area contributed by atoms with Gasteiger partial charge in [-0.1, -0.05) is 0 Å². The van der Waals surface area contributed by atoms with E-state index in [-0.39, 0.29) is 21.1 Å². The van der Waals surface area contributed by atoms with E-state index in [1.807, 2.05) is 26.0 Å². The van der Waals surface area contributed by atoms with Crippen molar-refractivity contribution in [3.63, 3.8) is 0 Å². The van der Waals surface area contributed by atoms with E-state index >= 15 is 0 Å². The predicted octanol–water partition coefficient (Wildman–Crippen LogP) is 0.175. The molecule has 0 saturated heterocycles. The SMILES string of the molecule is CN(C)C.[Mo]. The van der Waals surface area contributed by atoms with E-state index in [1.54, 1.807) is 0 Å². The molecule has 32 valence electrons. The van der Waals surface area contributed by atoms with Gasteiger partial charge in [-0.15, -0.1) is 0 Å². The van der Waals surface area contributed by atoms with Gasteiger partial charge in [-0.2, -0.15) is 0 Å². The van der Waals surface area contributed by atoms with Crippen molar-refractivity contribution in [3.05, 3.63) is 0 Å². The maximum atomic E-state index is 2.00. The van der Waals surface area contributed by atoms with E-state index in [2.05, 4.69) is 0 Å². The second-order valence-electron chi connectivity index (χ2n) is 1.34. The molecule has 0 atom stereocenters. The molecule has 0 saturated carbocycles. The minimum absolute atomic E-state index is 0. The smallest absolute Gasteiger partial charge is 0 e. The van der Waals surface area contributed by atoms with Gasteiger partial charge in [0, 0.05) is 21.1 Å². The molecule has 0 spiro atoms. The van der Waals surface area contributed by atoms with Crippen molar-refractivity contribution in [1.82, 2.24) is 4.90 Å². The maximum Gasteiger partial charge on any atom is 0 e. The molecule has 0 bridgehead atoms. The quantitative estimate of drug-likeness (QED) is 0.451. The van der Waals surface area contributed by atoms with Crippen LogP contribution >= 0.6 is 0 Å². The molecular weight excluding hydrogens is 146 g/mol. The molecule has 0 N–H and O–H groups in total. The summed E-state index contributed by atoms with van der Waals surface area (Å²) in [6.07, 6.45) is 0. The number of hydrogen-bond acceptors (Lipinski definition) is 1. The summed E-state index contributed by atoms with van der Waals surface area (Å²) < 4.78 is 0. The molecule has 1 nitrogen and oxygen atoms in total. The zero-order valence-electron chi connectivity index (χ0n) is 3.86. The van der Waals surface area contributed by atoms with Crippen LogP contribution in [-0.4, -0.2) is 26.0 Å². The molecule has 0 unspecified atom stereocenters. The Balaban J connectivity index is 0. The van der Waals surface area contributed by atoms with E-state index < -0.39 is 0 Å². The Morgan fingerprint density at radius 1 is 1.00 bits per heavy atom. The first-order valence-electron chi connectivity index (χ1n) is 1.34. The van der Waals surface area contributed by atoms with Crippen LogP contribution in [0.25, 0.3) is 0 Å².